The van der Waals surface area contributed by atoms with Gasteiger partial charge in [-0.3, -0.25) is 9.79 Å². The van der Waals surface area contributed by atoms with Crippen LogP contribution in [0.5, 0.6) is 0 Å². The average Bonchev–Trinajstić information content (AvgIpc) is 2.46. The molecule has 0 spiro atoms. The summed E-state index contributed by atoms with van der Waals surface area (Å²) in [5.74, 6) is -0.496. The summed E-state index contributed by atoms with van der Waals surface area (Å²) < 4.78 is 0. The summed E-state index contributed by atoms with van der Waals surface area (Å²) in [6.45, 7) is 0.522. The van der Waals surface area contributed by atoms with Crippen LogP contribution in [0.2, 0.25) is 0 Å². The van der Waals surface area contributed by atoms with Crippen LogP contribution < -0.4 is 11.5 Å². The molecule has 66 valence electrons. The fraction of sp³-hybridized carbons (Fsp3) is 0.111. The third kappa shape index (κ3) is 1.16. The Morgan fingerprint density at radius 1 is 1.46 bits per heavy atom. The van der Waals surface area contributed by atoms with Crippen molar-refractivity contribution >= 4 is 17.3 Å². The molecule has 0 saturated carbocycles. The SMILES string of the molecule is NC(=O)C1=NCc2ccc(N)cc21. The average molecular weight is 175 g/mol. The molecule has 0 bridgehead atoms. The standard InChI is InChI=1S/C9H9N3O/c10-6-2-1-5-4-12-8(9(11)13)7(5)3-6/h1-3H,4,10H2,(H2,11,13). The van der Waals surface area contributed by atoms with Crippen molar-refractivity contribution in [3.8, 4) is 0 Å². The lowest BCUT2D eigenvalue weighted by Crippen LogP contribution is -2.22. The molecular formula is C9H9N3O. The number of hydrogen-bond donors (Lipinski definition) is 2. The number of nitrogens with zero attached hydrogens (tertiary/aromatic N) is 1. The Hall–Kier alpha value is -1.84. The molecule has 0 fully saturated rings. The number of amides is 1. The van der Waals surface area contributed by atoms with Crippen LogP contribution in [-0.4, -0.2) is 11.6 Å². The lowest BCUT2D eigenvalue weighted by Gasteiger charge is -2.00. The maximum Gasteiger partial charge on any atom is 0.267 e. The zero-order valence-electron chi connectivity index (χ0n) is 6.95. The molecule has 1 amide bonds. The van der Waals surface area contributed by atoms with E-state index in [-0.39, 0.29) is 0 Å². The molecule has 1 aromatic carbocycles. The van der Waals surface area contributed by atoms with Crippen LogP contribution >= 0.6 is 0 Å². The Bertz CT molecular complexity index is 409. The van der Waals surface area contributed by atoms with E-state index in [1.807, 2.05) is 6.07 Å². The smallest absolute Gasteiger partial charge is 0.267 e. The quantitative estimate of drug-likeness (QED) is 0.591. The number of carbonyl (C=O) groups is 1. The minimum absolute atomic E-state index is 0.335. The predicted octanol–water partition coefficient (Wildman–Crippen LogP) is 0.0568. The maximum absolute atomic E-state index is 10.9. The number of rotatable bonds is 1. The molecule has 2 rings (SSSR count). The molecule has 1 aromatic rings. The van der Waals surface area contributed by atoms with Gasteiger partial charge in [-0.15, -0.1) is 0 Å². The molecule has 1 aliphatic rings. The predicted molar refractivity (Wildman–Crippen MR) is 50.3 cm³/mol. The van der Waals surface area contributed by atoms with Crippen LogP contribution in [0.4, 0.5) is 5.69 Å². The van der Waals surface area contributed by atoms with E-state index in [0.29, 0.717) is 17.9 Å². The largest absolute Gasteiger partial charge is 0.399 e. The van der Waals surface area contributed by atoms with Crippen molar-refractivity contribution in [3.63, 3.8) is 0 Å². The fourth-order valence-corrected chi connectivity index (χ4v) is 1.41. The molecule has 0 aliphatic carbocycles. The third-order valence-electron chi connectivity index (χ3n) is 2.03. The van der Waals surface area contributed by atoms with E-state index in [9.17, 15) is 4.79 Å². The van der Waals surface area contributed by atoms with Gasteiger partial charge in [-0.1, -0.05) is 6.07 Å². The molecule has 0 atom stereocenters. The molecule has 4 nitrogen and oxygen atoms in total. The molecule has 4 heteroatoms. The number of anilines is 1. The zero-order chi connectivity index (χ0) is 9.42. The van der Waals surface area contributed by atoms with E-state index in [1.165, 1.54) is 0 Å². The number of nitrogens with two attached hydrogens (primary N) is 2. The summed E-state index contributed by atoms with van der Waals surface area (Å²) in [6.07, 6.45) is 0. The number of fused-ring (bicyclic) bond motifs is 1. The summed E-state index contributed by atoms with van der Waals surface area (Å²) in [4.78, 5) is 15.0. The summed E-state index contributed by atoms with van der Waals surface area (Å²) in [7, 11) is 0. The van der Waals surface area contributed by atoms with Gasteiger partial charge in [-0.05, 0) is 17.7 Å². The Balaban J connectivity index is 2.54. The van der Waals surface area contributed by atoms with Gasteiger partial charge in [0.25, 0.3) is 5.91 Å². The Labute approximate surface area is 75.3 Å². The number of aliphatic imine (C=N–C) groups is 1. The van der Waals surface area contributed by atoms with E-state index >= 15 is 0 Å². The van der Waals surface area contributed by atoms with E-state index in [4.69, 9.17) is 11.5 Å². The molecule has 0 radical (unpaired) electrons. The summed E-state index contributed by atoms with van der Waals surface area (Å²) >= 11 is 0. The first-order valence-electron chi connectivity index (χ1n) is 3.91. The molecule has 1 heterocycles. The van der Waals surface area contributed by atoms with Gasteiger partial charge in [-0.25, -0.2) is 0 Å². The van der Waals surface area contributed by atoms with Crippen molar-refractivity contribution in [2.24, 2.45) is 10.7 Å². The van der Waals surface area contributed by atoms with Crippen molar-refractivity contribution in [1.82, 2.24) is 0 Å². The Kier molecular flexibility index (Phi) is 1.55. The summed E-state index contributed by atoms with van der Waals surface area (Å²) in [5, 5.41) is 0. The van der Waals surface area contributed by atoms with E-state index in [1.54, 1.807) is 12.1 Å². The van der Waals surface area contributed by atoms with Crippen LogP contribution in [0.15, 0.2) is 23.2 Å². The topological polar surface area (TPSA) is 81.5 Å². The minimum atomic E-state index is -0.496. The van der Waals surface area contributed by atoms with Gasteiger partial charge in [-0.2, -0.15) is 0 Å². The van der Waals surface area contributed by atoms with Crippen molar-refractivity contribution in [2.45, 2.75) is 6.54 Å². The minimum Gasteiger partial charge on any atom is -0.399 e. The van der Waals surface area contributed by atoms with E-state index in [2.05, 4.69) is 4.99 Å². The highest BCUT2D eigenvalue weighted by molar-refractivity contribution is 6.45. The lowest BCUT2D eigenvalue weighted by molar-refractivity contribution is -0.111. The van der Waals surface area contributed by atoms with E-state index in [0.717, 1.165) is 11.1 Å². The summed E-state index contributed by atoms with van der Waals surface area (Å²) in [6, 6.07) is 5.38. The van der Waals surface area contributed by atoms with E-state index < -0.39 is 5.91 Å². The van der Waals surface area contributed by atoms with Crippen LogP contribution in [-0.2, 0) is 11.3 Å². The van der Waals surface area contributed by atoms with Gasteiger partial charge in [0.15, 0.2) is 0 Å². The first-order valence-corrected chi connectivity index (χ1v) is 3.91. The number of primary amides is 1. The molecule has 0 aromatic heterocycles. The lowest BCUT2D eigenvalue weighted by atomic mass is 10.0. The Morgan fingerprint density at radius 3 is 2.92 bits per heavy atom. The number of carbonyl (C=O) groups excluding carboxylic acids is 1. The molecule has 13 heavy (non-hydrogen) atoms. The second kappa shape index (κ2) is 2.58. The van der Waals surface area contributed by atoms with Crippen molar-refractivity contribution in [3.05, 3.63) is 29.3 Å². The van der Waals surface area contributed by atoms with Gasteiger partial charge in [0.1, 0.15) is 5.71 Å². The molecule has 0 unspecified atom stereocenters. The van der Waals surface area contributed by atoms with Gasteiger partial charge >= 0.3 is 0 Å². The Morgan fingerprint density at radius 2 is 2.23 bits per heavy atom. The monoisotopic (exact) mass is 175 g/mol. The molecule has 1 aliphatic heterocycles. The second-order valence-electron chi connectivity index (χ2n) is 2.95. The van der Waals surface area contributed by atoms with Gasteiger partial charge in [0, 0.05) is 11.3 Å². The maximum atomic E-state index is 10.9. The zero-order valence-corrected chi connectivity index (χ0v) is 6.95. The highest BCUT2D eigenvalue weighted by atomic mass is 16.1. The highest BCUT2D eigenvalue weighted by Gasteiger charge is 2.19. The van der Waals surface area contributed by atoms with Crippen LogP contribution in [0.25, 0.3) is 0 Å². The number of hydrogen-bond acceptors (Lipinski definition) is 3. The third-order valence-corrected chi connectivity index (χ3v) is 2.03. The van der Waals surface area contributed by atoms with Crippen molar-refractivity contribution in [1.29, 1.82) is 0 Å². The van der Waals surface area contributed by atoms with Crippen LogP contribution in [0.3, 0.4) is 0 Å². The number of benzene rings is 1. The highest BCUT2D eigenvalue weighted by Crippen LogP contribution is 2.20. The first kappa shape index (κ1) is 7.79. The first-order chi connectivity index (χ1) is 6.18. The van der Waals surface area contributed by atoms with Gasteiger partial charge < -0.3 is 11.5 Å². The normalized spacial score (nSPS) is 13.7. The van der Waals surface area contributed by atoms with Gasteiger partial charge in [0.05, 0.1) is 6.54 Å². The van der Waals surface area contributed by atoms with Crippen LogP contribution in [0, 0.1) is 0 Å². The molecular weight excluding hydrogens is 166 g/mol. The van der Waals surface area contributed by atoms with Crippen molar-refractivity contribution in [2.75, 3.05) is 5.73 Å². The molecule has 0 saturated heterocycles. The van der Waals surface area contributed by atoms with Crippen molar-refractivity contribution < 1.29 is 4.79 Å². The molecule has 4 N–H and O–H groups in total. The van der Waals surface area contributed by atoms with Crippen LogP contribution in [0.1, 0.15) is 11.1 Å². The summed E-state index contributed by atoms with van der Waals surface area (Å²) in [5.41, 5.74) is 13.5. The number of nitrogen functional groups attached to an aromatic ring is 1. The van der Waals surface area contributed by atoms with Gasteiger partial charge in [0.2, 0.25) is 0 Å². The fourth-order valence-electron chi connectivity index (χ4n) is 1.41. The second-order valence-corrected chi connectivity index (χ2v) is 2.95.